The van der Waals surface area contributed by atoms with E-state index in [1.54, 1.807) is 0 Å². The van der Waals surface area contributed by atoms with Gasteiger partial charge in [0.2, 0.25) is 0 Å². The van der Waals surface area contributed by atoms with Gasteiger partial charge in [-0.3, -0.25) is 0 Å². The molecular formula is C12H20N2S. The second-order valence-corrected chi connectivity index (χ2v) is 5.54. The first-order chi connectivity index (χ1) is 7.25. The first-order valence-corrected chi connectivity index (χ1v) is 6.64. The number of rotatable bonds is 3. The van der Waals surface area contributed by atoms with Crippen LogP contribution in [0.1, 0.15) is 25.7 Å². The second kappa shape index (κ2) is 4.99. The average Bonchev–Trinajstić information content (AvgIpc) is 2.74. The molecule has 0 radical (unpaired) electrons. The maximum atomic E-state index is 5.91. The van der Waals surface area contributed by atoms with Crippen LogP contribution in [0, 0.1) is 5.92 Å². The molecular weight excluding hydrogens is 204 g/mol. The van der Waals surface area contributed by atoms with Crippen LogP contribution in [0.4, 0.5) is 5.00 Å². The van der Waals surface area contributed by atoms with Crippen molar-refractivity contribution in [2.75, 3.05) is 18.5 Å². The Morgan fingerprint density at radius 2 is 2.13 bits per heavy atom. The highest BCUT2D eigenvalue weighted by Crippen LogP contribution is 2.27. The molecule has 0 bridgehead atoms. The fourth-order valence-electron chi connectivity index (χ4n) is 2.34. The van der Waals surface area contributed by atoms with Crippen molar-refractivity contribution in [3.8, 4) is 0 Å². The Hall–Kier alpha value is -0.540. The molecule has 2 N–H and O–H groups in total. The maximum Gasteiger partial charge on any atom is 0.0905 e. The summed E-state index contributed by atoms with van der Waals surface area (Å²) in [5, 5.41) is 3.52. The van der Waals surface area contributed by atoms with E-state index in [0.29, 0.717) is 6.04 Å². The van der Waals surface area contributed by atoms with Gasteiger partial charge < -0.3 is 10.6 Å². The summed E-state index contributed by atoms with van der Waals surface area (Å²) in [5.41, 5.74) is 5.91. The van der Waals surface area contributed by atoms with Crippen molar-refractivity contribution in [2.45, 2.75) is 31.7 Å². The van der Waals surface area contributed by atoms with Crippen LogP contribution in [0.25, 0.3) is 0 Å². The minimum absolute atomic E-state index is 0.466. The standard InChI is InChI=1S/C12H20N2S/c1-14(12-3-2-8-15-12)9-10-4-6-11(13)7-5-10/h2-3,8,10-11H,4-7,9,13H2,1H3. The van der Waals surface area contributed by atoms with Crippen LogP contribution in [0.15, 0.2) is 17.5 Å². The Labute approximate surface area is 96.1 Å². The zero-order chi connectivity index (χ0) is 10.7. The van der Waals surface area contributed by atoms with Gasteiger partial charge in [-0.1, -0.05) is 0 Å². The number of nitrogens with zero attached hydrogens (tertiary/aromatic N) is 1. The van der Waals surface area contributed by atoms with Gasteiger partial charge in [-0.25, -0.2) is 0 Å². The van der Waals surface area contributed by atoms with Crippen molar-refractivity contribution >= 4 is 16.3 Å². The molecule has 0 amide bonds. The number of anilines is 1. The summed E-state index contributed by atoms with van der Waals surface area (Å²) in [6.45, 7) is 1.19. The lowest BCUT2D eigenvalue weighted by molar-refractivity contribution is 0.330. The molecule has 15 heavy (non-hydrogen) atoms. The molecule has 0 aromatic carbocycles. The van der Waals surface area contributed by atoms with E-state index in [1.807, 2.05) is 11.3 Å². The summed E-state index contributed by atoms with van der Waals surface area (Å²) in [5.74, 6) is 0.844. The fraction of sp³-hybridized carbons (Fsp3) is 0.667. The van der Waals surface area contributed by atoms with Crippen molar-refractivity contribution in [3.63, 3.8) is 0 Å². The van der Waals surface area contributed by atoms with Crippen molar-refractivity contribution in [1.82, 2.24) is 0 Å². The summed E-state index contributed by atoms with van der Waals surface area (Å²) in [6, 6.07) is 4.78. The quantitative estimate of drug-likeness (QED) is 0.855. The van der Waals surface area contributed by atoms with Crippen LogP contribution in [-0.2, 0) is 0 Å². The highest BCUT2D eigenvalue weighted by Gasteiger charge is 2.19. The summed E-state index contributed by atoms with van der Waals surface area (Å²) in [4.78, 5) is 2.38. The van der Waals surface area contributed by atoms with Gasteiger partial charge in [0.05, 0.1) is 5.00 Å². The summed E-state index contributed by atoms with van der Waals surface area (Å²) in [6.07, 6.45) is 5.03. The second-order valence-electron chi connectivity index (χ2n) is 4.61. The Kier molecular flexibility index (Phi) is 3.65. The summed E-state index contributed by atoms with van der Waals surface area (Å²) >= 11 is 1.82. The molecule has 1 aliphatic rings. The molecule has 2 rings (SSSR count). The van der Waals surface area contributed by atoms with E-state index in [0.717, 1.165) is 5.92 Å². The van der Waals surface area contributed by atoms with Crippen molar-refractivity contribution in [1.29, 1.82) is 0 Å². The molecule has 3 heteroatoms. The molecule has 1 heterocycles. The van der Waals surface area contributed by atoms with Crippen LogP contribution >= 0.6 is 11.3 Å². The van der Waals surface area contributed by atoms with Gasteiger partial charge in [0.1, 0.15) is 0 Å². The van der Waals surface area contributed by atoms with Crippen LogP contribution in [-0.4, -0.2) is 19.6 Å². The Morgan fingerprint density at radius 3 is 2.73 bits per heavy atom. The zero-order valence-electron chi connectivity index (χ0n) is 9.36. The molecule has 1 saturated carbocycles. The van der Waals surface area contributed by atoms with Gasteiger partial charge in [0.15, 0.2) is 0 Å². The van der Waals surface area contributed by atoms with Crippen molar-refractivity contribution in [2.24, 2.45) is 11.7 Å². The summed E-state index contributed by atoms with van der Waals surface area (Å²) in [7, 11) is 2.19. The van der Waals surface area contributed by atoms with Gasteiger partial charge in [0, 0.05) is 19.6 Å². The lowest BCUT2D eigenvalue weighted by Gasteiger charge is -2.30. The minimum Gasteiger partial charge on any atom is -0.366 e. The number of hydrogen-bond donors (Lipinski definition) is 1. The normalized spacial score (nSPS) is 26.5. The molecule has 1 aromatic heterocycles. The van der Waals surface area contributed by atoms with E-state index >= 15 is 0 Å². The molecule has 0 aliphatic heterocycles. The molecule has 0 spiro atoms. The third kappa shape index (κ3) is 2.95. The van der Waals surface area contributed by atoms with Crippen LogP contribution in [0.3, 0.4) is 0 Å². The largest absolute Gasteiger partial charge is 0.366 e. The SMILES string of the molecule is CN(CC1CCC(N)CC1)c1cccs1. The summed E-state index contributed by atoms with van der Waals surface area (Å²) < 4.78 is 0. The predicted octanol–water partition coefficient (Wildman–Crippen LogP) is 2.70. The van der Waals surface area contributed by atoms with Gasteiger partial charge >= 0.3 is 0 Å². The fourth-order valence-corrected chi connectivity index (χ4v) is 3.04. The van der Waals surface area contributed by atoms with Crippen molar-refractivity contribution < 1.29 is 0 Å². The van der Waals surface area contributed by atoms with Gasteiger partial charge in [-0.2, -0.15) is 0 Å². The monoisotopic (exact) mass is 224 g/mol. The van der Waals surface area contributed by atoms with E-state index in [1.165, 1.54) is 37.2 Å². The number of thiophene rings is 1. The molecule has 0 atom stereocenters. The first-order valence-electron chi connectivity index (χ1n) is 5.76. The van der Waals surface area contributed by atoms with Crippen LogP contribution < -0.4 is 10.6 Å². The Bertz CT molecular complexity index is 276. The zero-order valence-corrected chi connectivity index (χ0v) is 10.2. The third-order valence-electron chi connectivity index (χ3n) is 3.31. The van der Waals surface area contributed by atoms with E-state index in [2.05, 4.69) is 29.5 Å². The third-order valence-corrected chi connectivity index (χ3v) is 4.29. The van der Waals surface area contributed by atoms with E-state index < -0.39 is 0 Å². The van der Waals surface area contributed by atoms with Gasteiger partial charge in [0.25, 0.3) is 0 Å². The maximum absolute atomic E-state index is 5.91. The van der Waals surface area contributed by atoms with Crippen molar-refractivity contribution in [3.05, 3.63) is 17.5 Å². The van der Waals surface area contributed by atoms with Gasteiger partial charge in [-0.15, -0.1) is 11.3 Å². The smallest absolute Gasteiger partial charge is 0.0905 e. The van der Waals surface area contributed by atoms with E-state index in [-0.39, 0.29) is 0 Å². The number of nitrogens with two attached hydrogens (primary N) is 1. The van der Waals surface area contributed by atoms with E-state index in [9.17, 15) is 0 Å². The molecule has 1 fully saturated rings. The molecule has 1 aliphatic carbocycles. The predicted molar refractivity (Wildman–Crippen MR) is 67.5 cm³/mol. The average molecular weight is 224 g/mol. The lowest BCUT2D eigenvalue weighted by atomic mass is 9.86. The first kappa shape index (κ1) is 11.0. The van der Waals surface area contributed by atoms with E-state index in [4.69, 9.17) is 5.73 Å². The number of hydrogen-bond acceptors (Lipinski definition) is 3. The molecule has 0 saturated heterocycles. The topological polar surface area (TPSA) is 29.3 Å². The molecule has 1 aromatic rings. The molecule has 2 nitrogen and oxygen atoms in total. The van der Waals surface area contributed by atoms with Crippen LogP contribution in [0.2, 0.25) is 0 Å². The van der Waals surface area contributed by atoms with Crippen LogP contribution in [0.5, 0.6) is 0 Å². The molecule has 0 unspecified atom stereocenters. The lowest BCUT2D eigenvalue weighted by Crippen LogP contribution is -2.32. The highest BCUT2D eigenvalue weighted by molar-refractivity contribution is 7.14. The Balaban J connectivity index is 1.82. The van der Waals surface area contributed by atoms with Gasteiger partial charge in [-0.05, 0) is 49.1 Å². The minimum atomic E-state index is 0.466. The molecule has 84 valence electrons. The Morgan fingerprint density at radius 1 is 1.40 bits per heavy atom. The highest BCUT2D eigenvalue weighted by atomic mass is 32.1.